The molecule has 37 heavy (non-hydrogen) atoms. The third kappa shape index (κ3) is 3.95. The van der Waals surface area contributed by atoms with Gasteiger partial charge in [0.25, 0.3) is 5.70 Å². The van der Waals surface area contributed by atoms with Gasteiger partial charge in [0, 0.05) is 36.4 Å². The fraction of sp³-hybridized carbons (Fsp3) is 0.240. The zero-order chi connectivity index (χ0) is 26.3. The number of benzene rings is 1. The second kappa shape index (κ2) is 9.40. The molecule has 1 aromatic carbocycles. The van der Waals surface area contributed by atoms with Crippen molar-refractivity contribution in [2.75, 3.05) is 13.1 Å². The fourth-order valence-corrected chi connectivity index (χ4v) is 5.49. The summed E-state index contributed by atoms with van der Waals surface area (Å²) in [4.78, 5) is 19.5. The number of hydrogen-bond acceptors (Lipinski definition) is 8. The fourth-order valence-electron chi connectivity index (χ4n) is 5.22. The Balaban J connectivity index is 1.78. The Labute approximate surface area is 220 Å². The Morgan fingerprint density at radius 2 is 2.00 bits per heavy atom. The highest BCUT2D eigenvalue weighted by molar-refractivity contribution is 6.30. The van der Waals surface area contributed by atoms with Crippen LogP contribution >= 0.6 is 23.2 Å². The first-order chi connectivity index (χ1) is 17.8. The molecule has 2 aromatic heterocycles. The van der Waals surface area contributed by atoms with E-state index in [-0.39, 0.29) is 41.0 Å². The van der Waals surface area contributed by atoms with E-state index >= 15 is 4.39 Å². The van der Waals surface area contributed by atoms with Crippen molar-refractivity contribution in [2.24, 2.45) is 5.41 Å². The summed E-state index contributed by atoms with van der Waals surface area (Å²) in [7, 11) is 0. The lowest BCUT2D eigenvalue weighted by Gasteiger charge is -2.45. The SMILES string of the molecule is N#CC1(C#N)C(c2ccco2)C([N+](=O)[O-])=C2N(Cc3ccc(Cl)nc3)CCN2C1c1ccc(Cl)cc1F. The summed E-state index contributed by atoms with van der Waals surface area (Å²) in [6.07, 6.45) is 2.88. The molecule has 1 saturated heterocycles. The van der Waals surface area contributed by atoms with Crippen LogP contribution in [0.2, 0.25) is 10.2 Å². The molecule has 4 heterocycles. The number of rotatable bonds is 5. The van der Waals surface area contributed by atoms with E-state index in [2.05, 4.69) is 4.98 Å². The quantitative estimate of drug-likeness (QED) is 0.245. The van der Waals surface area contributed by atoms with Crippen molar-refractivity contribution in [3.63, 3.8) is 0 Å². The summed E-state index contributed by atoms with van der Waals surface area (Å²) in [5, 5.41) is 34.0. The second-order valence-electron chi connectivity index (χ2n) is 8.68. The molecule has 0 saturated carbocycles. The Hall–Kier alpha value is -4.12. The average Bonchev–Trinajstić information content (AvgIpc) is 3.55. The molecule has 0 aliphatic carbocycles. The molecule has 5 rings (SSSR count). The summed E-state index contributed by atoms with van der Waals surface area (Å²) in [5.74, 6) is -1.90. The van der Waals surface area contributed by atoms with Gasteiger partial charge >= 0.3 is 0 Å². The Kier molecular flexibility index (Phi) is 6.24. The number of aromatic nitrogens is 1. The summed E-state index contributed by atoms with van der Waals surface area (Å²) < 4.78 is 20.9. The summed E-state index contributed by atoms with van der Waals surface area (Å²) in [5.41, 5.74) is -1.71. The molecule has 0 N–H and O–H groups in total. The number of nitro groups is 1. The number of halogens is 3. The number of pyridine rings is 1. The molecule has 9 nitrogen and oxygen atoms in total. The van der Waals surface area contributed by atoms with E-state index in [1.807, 2.05) is 12.1 Å². The first-order valence-electron chi connectivity index (χ1n) is 11.1. The van der Waals surface area contributed by atoms with Crippen molar-refractivity contribution in [2.45, 2.75) is 18.5 Å². The molecule has 3 aromatic rings. The molecule has 0 amide bonds. The molecule has 2 aliphatic heterocycles. The van der Waals surface area contributed by atoms with Crippen molar-refractivity contribution >= 4 is 23.2 Å². The minimum absolute atomic E-state index is 0.0268. The van der Waals surface area contributed by atoms with E-state index in [1.165, 1.54) is 30.5 Å². The molecule has 12 heteroatoms. The van der Waals surface area contributed by atoms with Crippen LogP contribution in [-0.4, -0.2) is 32.8 Å². The lowest BCUT2D eigenvalue weighted by molar-refractivity contribution is -0.438. The van der Waals surface area contributed by atoms with Crippen LogP contribution < -0.4 is 0 Å². The maximum absolute atomic E-state index is 15.4. The van der Waals surface area contributed by atoms with Crippen LogP contribution in [0.15, 0.2) is 70.9 Å². The molecule has 186 valence electrons. The summed E-state index contributed by atoms with van der Waals surface area (Å²) in [6.45, 7) is 0.759. The minimum atomic E-state index is -2.10. The van der Waals surface area contributed by atoms with E-state index in [9.17, 15) is 20.6 Å². The average molecular weight is 539 g/mol. The van der Waals surface area contributed by atoms with Gasteiger partial charge in [0.15, 0.2) is 11.2 Å². The highest BCUT2D eigenvalue weighted by Gasteiger charge is 2.64. The largest absolute Gasteiger partial charge is 0.468 e. The van der Waals surface area contributed by atoms with Crippen molar-refractivity contribution in [1.29, 1.82) is 10.5 Å². The van der Waals surface area contributed by atoms with Crippen molar-refractivity contribution in [1.82, 2.24) is 14.8 Å². The van der Waals surface area contributed by atoms with E-state index in [0.717, 1.165) is 11.6 Å². The minimum Gasteiger partial charge on any atom is -0.468 e. The molecular weight excluding hydrogens is 522 g/mol. The number of nitrogens with zero attached hydrogens (tertiary/aromatic N) is 6. The van der Waals surface area contributed by atoms with Crippen LogP contribution in [0.1, 0.15) is 28.8 Å². The highest BCUT2D eigenvalue weighted by Crippen LogP contribution is 2.58. The van der Waals surface area contributed by atoms with E-state index in [1.54, 1.807) is 28.1 Å². The first-order valence-corrected chi connectivity index (χ1v) is 11.9. The van der Waals surface area contributed by atoms with E-state index in [0.29, 0.717) is 11.7 Å². The predicted octanol–water partition coefficient (Wildman–Crippen LogP) is 5.26. The number of allylic oxidation sites excluding steroid dienone is 1. The Morgan fingerprint density at radius 1 is 1.22 bits per heavy atom. The summed E-state index contributed by atoms with van der Waals surface area (Å²) >= 11 is 11.9. The third-order valence-electron chi connectivity index (χ3n) is 6.70. The lowest BCUT2D eigenvalue weighted by atomic mass is 9.65. The predicted molar refractivity (Wildman–Crippen MR) is 130 cm³/mol. The molecular formula is C25H17Cl2FN6O3. The normalized spacial score (nSPS) is 20.4. The van der Waals surface area contributed by atoms with Gasteiger partial charge in [0.1, 0.15) is 22.6 Å². The van der Waals surface area contributed by atoms with Gasteiger partial charge in [-0.2, -0.15) is 10.5 Å². The van der Waals surface area contributed by atoms with Crippen LogP contribution in [0.3, 0.4) is 0 Å². The number of hydrogen-bond donors (Lipinski definition) is 0. The molecule has 0 bridgehead atoms. The zero-order valence-corrected chi connectivity index (χ0v) is 20.5. The van der Waals surface area contributed by atoms with Crippen molar-refractivity contribution < 1.29 is 13.7 Å². The van der Waals surface area contributed by atoms with Gasteiger partial charge in [-0.25, -0.2) is 9.37 Å². The monoisotopic (exact) mass is 538 g/mol. The Morgan fingerprint density at radius 3 is 2.59 bits per heavy atom. The maximum atomic E-state index is 15.4. The van der Waals surface area contributed by atoms with Crippen LogP contribution in [0.25, 0.3) is 0 Å². The van der Waals surface area contributed by atoms with Gasteiger partial charge in [-0.3, -0.25) is 10.1 Å². The van der Waals surface area contributed by atoms with Crippen molar-refractivity contribution in [3.8, 4) is 12.1 Å². The van der Waals surface area contributed by atoms with E-state index < -0.39 is 28.1 Å². The molecule has 0 radical (unpaired) electrons. The number of nitriles is 2. The standard InChI is InChI=1S/C25H17Cl2FN6O3/c26-16-4-5-17(18(28)10-16)23-25(13-29,14-30)21(19-2-1-9-37-19)22(34(35)36)24-32(7-8-33(23)24)12-15-3-6-20(27)31-11-15/h1-6,9-11,21,23H,7-8,12H2. The van der Waals surface area contributed by atoms with Crippen LogP contribution in [0.5, 0.6) is 0 Å². The molecule has 2 atom stereocenters. The first kappa shape index (κ1) is 24.6. The highest BCUT2D eigenvalue weighted by atomic mass is 35.5. The van der Waals surface area contributed by atoms with Crippen LogP contribution in [0.4, 0.5) is 4.39 Å². The topological polar surface area (TPSA) is 123 Å². The Bertz CT molecular complexity index is 1470. The second-order valence-corrected chi connectivity index (χ2v) is 9.50. The summed E-state index contributed by atoms with van der Waals surface area (Å²) in [6, 6.07) is 13.2. The van der Waals surface area contributed by atoms with Gasteiger partial charge in [-0.05, 0) is 35.9 Å². The van der Waals surface area contributed by atoms with Gasteiger partial charge in [0.05, 0.1) is 29.4 Å². The third-order valence-corrected chi connectivity index (χ3v) is 7.16. The van der Waals surface area contributed by atoms with Gasteiger partial charge in [0.2, 0.25) is 0 Å². The van der Waals surface area contributed by atoms with Gasteiger partial charge in [-0.15, -0.1) is 0 Å². The lowest BCUT2D eigenvalue weighted by Crippen LogP contribution is -2.49. The molecule has 2 aliphatic rings. The smallest absolute Gasteiger partial charge is 0.299 e. The van der Waals surface area contributed by atoms with E-state index in [4.69, 9.17) is 27.6 Å². The van der Waals surface area contributed by atoms with Gasteiger partial charge < -0.3 is 14.2 Å². The number of fused-ring (bicyclic) bond motifs is 1. The van der Waals surface area contributed by atoms with Crippen molar-refractivity contribution in [3.05, 3.63) is 109 Å². The van der Waals surface area contributed by atoms with Crippen LogP contribution in [0, 0.1) is 44.0 Å². The number of furan rings is 1. The van der Waals surface area contributed by atoms with Crippen LogP contribution in [-0.2, 0) is 6.54 Å². The zero-order valence-electron chi connectivity index (χ0n) is 19.0. The van der Waals surface area contributed by atoms with Gasteiger partial charge in [-0.1, -0.05) is 35.3 Å². The maximum Gasteiger partial charge on any atom is 0.299 e. The molecule has 2 unspecified atom stereocenters. The molecule has 0 spiro atoms. The molecule has 1 fully saturated rings.